The lowest BCUT2D eigenvalue weighted by Crippen LogP contribution is -2.66. The van der Waals surface area contributed by atoms with Crippen LogP contribution in [0.4, 0.5) is 0 Å². The summed E-state index contributed by atoms with van der Waals surface area (Å²) in [5.74, 6) is 0.174. The van der Waals surface area contributed by atoms with E-state index < -0.39 is 0 Å². The number of hydrogen-bond donors (Lipinski definition) is 1. The van der Waals surface area contributed by atoms with Crippen molar-refractivity contribution in [3.05, 3.63) is 0 Å². The molecule has 3 atom stereocenters. The Kier molecular flexibility index (Phi) is 2.21. The number of hydrogen-bond acceptors (Lipinski definition) is 3. The third kappa shape index (κ3) is 1.39. The highest BCUT2D eigenvalue weighted by Gasteiger charge is 2.46. The standard InChI is InChI=1S/C11H19N3O/c12-8-7-14(11(8)15)10-4-6-13-5-2-1-3-9(10)13/h8-10H,1-7,12H2. The van der Waals surface area contributed by atoms with E-state index in [0.29, 0.717) is 12.1 Å². The van der Waals surface area contributed by atoms with Crippen LogP contribution in [-0.4, -0.2) is 53.5 Å². The number of likely N-dealkylation sites (tertiary alicyclic amines) is 1. The van der Waals surface area contributed by atoms with Gasteiger partial charge in [0.05, 0.1) is 0 Å². The summed E-state index contributed by atoms with van der Waals surface area (Å²) in [6, 6.07) is 0.899. The zero-order valence-corrected chi connectivity index (χ0v) is 9.06. The summed E-state index contributed by atoms with van der Waals surface area (Å²) in [5.41, 5.74) is 5.64. The summed E-state index contributed by atoms with van der Waals surface area (Å²) in [5, 5.41) is 0. The Morgan fingerprint density at radius 1 is 1.13 bits per heavy atom. The van der Waals surface area contributed by atoms with Crippen LogP contribution in [0.5, 0.6) is 0 Å². The SMILES string of the molecule is NC1CN(C2CCN3CCCCC23)C1=O. The zero-order chi connectivity index (χ0) is 10.4. The molecule has 3 aliphatic rings. The molecule has 4 nitrogen and oxygen atoms in total. The number of rotatable bonds is 1. The number of amides is 1. The topological polar surface area (TPSA) is 49.6 Å². The highest BCUT2D eigenvalue weighted by atomic mass is 16.2. The van der Waals surface area contributed by atoms with Gasteiger partial charge in [0.1, 0.15) is 6.04 Å². The molecule has 3 aliphatic heterocycles. The van der Waals surface area contributed by atoms with Crippen molar-refractivity contribution in [3.8, 4) is 0 Å². The van der Waals surface area contributed by atoms with Gasteiger partial charge in [-0.25, -0.2) is 0 Å². The largest absolute Gasteiger partial charge is 0.335 e. The highest BCUT2D eigenvalue weighted by Crippen LogP contribution is 2.32. The molecule has 3 unspecified atom stereocenters. The second-order valence-electron chi connectivity index (χ2n) is 5.05. The van der Waals surface area contributed by atoms with E-state index >= 15 is 0 Å². The van der Waals surface area contributed by atoms with Crippen LogP contribution in [0.1, 0.15) is 25.7 Å². The van der Waals surface area contributed by atoms with Crippen molar-refractivity contribution in [2.75, 3.05) is 19.6 Å². The average molecular weight is 209 g/mol. The highest BCUT2D eigenvalue weighted by molar-refractivity contribution is 5.88. The van der Waals surface area contributed by atoms with Crippen molar-refractivity contribution in [2.45, 2.75) is 43.8 Å². The van der Waals surface area contributed by atoms with E-state index in [1.165, 1.54) is 32.4 Å². The molecular formula is C11H19N3O. The molecule has 1 amide bonds. The van der Waals surface area contributed by atoms with Gasteiger partial charge in [-0.3, -0.25) is 9.69 Å². The van der Waals surface area contributed by atoms with Gasteiger partial charge >= 0.3 is 0 Å². The summed E-state index contributed by atoms with van der Waals surface area (Å²) in [4.78, 5) is 16.2. The number of β-lactam (4-membered cyclic amide) rings is 1. The Bertz CT molecular complexity index is 281. The maximum absolute atomic E-state index is 11.6. The number of nitrogens with two attached hydrogens (primary N) is 1. The van der Waals surface area contributed by atoms with Crippen LogP contribution in [-0.2, 0) is 4.79 Å². The molecule has 3 heterocycles. The first kappa shape index (κ1) is 9.60. The Morgan fingerprint density at radius 3 is 2.73 bits per heavy atom. The summed E-state index contributed by atoms with van der Waals surface area (Å²) in [6.07, 6.45) is 5.08. The summed E-state index contributed by atoms with van der Waals surface area (Å²) in [7, 11) is 0. The smallest absolute Gasteiger partial charge is 0.241 e. The van der Waals surface area contributed by atoms with Crippen molar-refractivity contribution < 1.29 is 4.79 Å². The van der Waals surface area contributed by atoms with Crippen LogP contribution in [0.2, 0.25) is 0 Å². The first-order valence-corrected chi connectivity index (χ1v) is 6.07. The predicted molar refractivity (Wildman–Crippen MR) is 57.3 cm³/mol. The van der Waals surface area contributed by atoms with Gasteiger partial charge in [0.2, 0.25) is 5.91 Å². The molecule has 0 radical (unpaired) electrons. The van der Waals surface area contributed by atoms with E-state index in [2.05, 4.69) is 4.90 Å². The maximum Gasteiger partial charge on any atom is 0.241 e. The predicted octanol–water partition coefficient (Wildman–Crippen LogP) is -0.217. The van der Waals surface area contributed by atoms with Crippen LogP contribution >= 0.6 is 0 Å². The van der Waals surface area contributed by atoms with Gasteiger partial charge in [-0.05, 0) is 25.8 Å². The fourth-order valence-electron chi connectivity index (χ4n) is 3.36. The Balaban J connectivity index is 1.70. The summed E-state index contributed by atoms with van der Waals surface area (Å²) >= 11 is 0. The number of piperidine rings is 1. The third-order valence-corrected chi connectivity index (χ3v) is 4.21. The minimum Gasteiger partial charge on any atom is -0.335 e. The van der Waals surface area contributed by atoms with Crippen LogP contribution in [0.25, 0.3) is 0 Å². The minimum atomic E-state index is -0.206. The van der Waals surface area contributed by atoms with E-state index in [4.69, 9.17) is 5.73 Å². The molecule has 3 fully saturated rings. The fourth-order valence-corrected chi connectivity index (χ4v) is 3.36. The molecule has 3 rings (SSSR count). The van der Waals surface area contributed by atoms with E-state index in [9.17, 15) is 4.79 Å². The zero-order valence-electron chi connectivity index (χ0n) is 9.06. The van der Waals surface area contributed by atoms with Crippen molar-refractivity contribution >= 4 is 5.91 Å². The molecule has 3 saturated heterocycles. The summed E-state index contributed by atoms with van der Waals surface area (Å²) in [6.45, 7) is 3.19. The first-order chi connectivity index (χ1) is 7.27. The monoisotopic (exact) mass is 209 g/mol. The molecule has 4 heteroatoms. The van der Waals surface area contributed by atoms with Gasteiger partial charge < -0.3 is 10.6 Å². The number of carbonyl (C=O) groups excluding carboxylic acids is 1. The first-order valence-electron chi connectivity index (χ1n) is 6.07. The van der Waals surface area contributed by atoms with E-state index in [1.807, 2.05) is 4.90 Å². The van der Waals surface area contributed by atoms with Crippen LogP contribution in [0.15, 0.2) is 0 Å². The van der Waals surface area contributed by atoms with Gasteiger partial charge in [-0.2, -0.15) is 0 Å². The minimum absolute atomic E-state index is 0.174. The second kappa shape index (κ2) is 3.46. The lowest BCUT2D eigenvalue weighted by atomic mass is 9.94. The molecule has 15 heavy (non-hydrogen) atoms. The van der Waals surface area contributed by atoms with Gasteiger partial charge in [0.15, 0.2) is 0 Å². The van der Waals surface area contributed by atoms with E-state index in [1.54, 1.807) is 0 Å². The van der Waals surface area contributed by atoms with Crippen LogP contribution in [0.3, 0.4) is 0 Å². The number of fused-ring (bicyclic) bond motifs is 1. The Labute approximate surface area is 90.4 Å². The van der Waals surface area contributed by atoms with Gasteiger partial charge in [0, 0.05) is 25.2 Å². The van der Waals surface area contributed by atoms with Crippen LogP contribution in [0, 0.1) is 0 Å². The Morgan fingerprint density at radius 2 is 2.00 bits per heavy atom. The molecule has 0 saturated carbocycles. The van der Waals surface area contributed by atoms with E-state index in [0.717, 1.165) is 13.0 Å². The van der Waals surface area contributed by atoms with Gasteiger partial charge in [-0.1, -0.05) is 6.42 Å². The lowest BCUT2D eigenvalue weighted by Gasteiger charge is -2.44. The number of nitrogens with zero attached hydrogens (tertiary/aromatic N) is 2. The van der Waals surface area contributed by atoms with Crippen molar-refractivity contribution in [1.29, 1.82) is 0 Å². The fraction of sp³-hybridized carbons (Fsp3) is 0.909. The van der Waals surface area contributed by atoms with Crippen molar-refractivity contribution in [1.82, 2.24) is 9.80 Å². The lowest BCUT2D eigenvalue weighted by molar-refractivity contribution is -0.146. The average Bonchev–Trinajstić information content (AvgIpc) is 2.69. The van der Waals surface area contributed by atoms with Crippen molar-refractivity contribution in [3.63, 3.8) is 0 Å². The third-order valence-electron chi connectivity index (χ3n) is 4.21. The van der Waals surface area contributed by atoms with Crippen LogP contribution < -0.4 is 5.73 Å². The quantitative estimate of drug-likeness (QED) is 0.608. The second-order valence-corrected chi connectivity index (χ2v) is 5.05. The summed E-state index contributed by atoms with van der Waals surface area (Å²) < 4.78 is 0. The van der Waals surface area contributed by atoms with Gasteiger partial charge in [0.25, 0.3) is 0 Å². The van der Waals surface area contributed by atoms with Crippen molar-refractivity contribution in [2.24, 2.45) is 5.73 Å². The molecule has 0 aromatic carbocycles. The molecule has 0 aromatic heterocycles. The number of carbonyl (C=O) groups is 1. The van der Waals surface area contributed by atoms with Gasteiger partial charge in [-0.15, -0.1) is 0 Å². The normalized spacial score (nSPS) is 41.5. The molecule has 0 aromatic rings. The molecule has 0 spiro atoms. The molecular weight excluding hydrogens is 190 g/mol. The molecule has 2 N–H and O–H groups in total. The molecule has 0 bridgehead atoms. The maximum atomic E-state index is 11.6. The molecule has 0 aliphatic carbocycles. The Hall–Kier alpha value is -0.610. The molecule has 84 valence electrons. The van der Waals surface area contributed by atoms with E-state index in [-0.39, 0.29) is 11.9 Å².